The van der Waals surface area contributed by atoms with E-state index in [9.17, 15) is 29.4 Å². The minimum Gasteiger partial charge on any atom is -0.508 e. The number of hydrogen-bond acceptors (Lipinski definition) is 7. The molecule has 2 aromatic rings. The number of phenols is 1. The molecule has 2 unspecified atom stereocenters. The number of primary amides is 1. The minimum atomic E-state index is -1.47. The maximum Gasteiger partial charge on any atom is 0.408 e. The second-order valence-electron chi connectivity index (χ2n) is 9.88. The lowest BCUT2D eigenvalue weighted by molar-refractivity contribution is -0.142. The zero-order chi connectivity index (χ0) is 28.6. The smallest absolute Gasteiger partial charge is 0.408 e. The molecule has 0 bridgehead atoms. The van der Waals surface area contributed by atoms with Gasteiger partial charge >= 0.3 is 6.09 Å². The number of ether oxygens (including phenoxy) is 1. The van der Waals surface area contributed by atoms with Crippen molar-refractivity contribution in [2.24, 2.45) is 5.73 Å². The normalized spacial score (nSPS) is 12.7. The van der Waals surface area contributed by atoms with Gasteiger partial charge in [-0.3, -0.25) is 14.4 Å². The van der Waals surface area contributed by atoms with E-state index in [0.29, 0.717) is 16.8 Å². The number of rotatable bonds is 10. The van der Waals surface area contributed by atoms with Crippen LogP contribution >= 0.6 is 0 Å². The quantitative estimate of drug-likeness (QED) is 0.315. The number of benzene rings is 2. The molecule has 0 aliphatic rings. The summed E-state index contributed by atoms with van der Waals surface area (Å²) in [6.07, 6.45) is -1.52. The van der Waals surface area contributed by atoms with Crippen LogP contribution in [0.3, 0.4) is 0 Å². The van der Waals surface area contributed by atoms with Crippen LogP contribution in [0.1, 0.15) is 49.9 Å². The van der Waals surface area contributed by atoms with E-state index in [1.54, 1.807) is 58.9 Å². The number of carbonyl (C=O) groups is 4. The number of aryl methyl sites for hydroxylation is 2. The summed E-state index contributed by atoms with van der Waals surface area (Å²) in [5.41, 5.74) is 6.55. The zero-order valence-electron chi connectivity index (χ0n) is 22.3. The molecule has 2 rings (SSSR count). The molecule has 2 aromatic carbocycles. The molecule has 0 aliphatic carbocycles. The number of nitrogens with one attached hydrogen (secondary N) is 2. The van der Waals surface area contributed by atoms with Crippen LogP contribution in [0.5, 0.6) is 5.75 Å². The average Bonchev–Trinajstić information content (AvgIpc) is 2.80. The van der Waals surface area contributed by atoms with Crippen molar-refractivity contribution in [2.45, 2.75) is 58.7 Å². The lowest BCUT2D eigenvalue weighted by Crippen LogP contribution is -2.54. The van der Waals surface area contributed by atoms with Crippen molar-refractivity contribution < 1.29 is 34.1 Å². The second kappa shape index (κ2) is 12.9. The standard InChI is InChI=1S/C27H36N4O7/c1-16-8-6-7-9-19(16)29-24(35)23(18-10-11-21(33)17(2)14-18)31(12-13-32)25(36)20(15-22(28)34)30-26(37)38-27(3,4)5/h6-11,14,20,23,32-33H,12-13,15H2,1-5H3,(H2,28,34)(H,29,35)(H,30,37). The van der Waals surface area contributed by atoms with Gasteiger partial charge in [0.2, 0.25) is 11.8 Å². The van der Waals surface area contributed by atoms with Crippen LogP contribution in [0.25, 0.3) is 0 Å². The Balaban J connectivity index is 2.55. The number of alkyl carbamates (subject to hydrolysis) is 1. The largest absolute Gasteiger partial charge is 0.508 e. The maximum absolute atomic E-state index is 13.8. The molecule has 0 radical (unpaired) electrons. The number of nitrogens with zero attached hydrogens (tertiary/aromatic N) is 1. The summed E-state index contributed by atoms with van der Waals surface area (Å²) < 4.78 is 5.22. The molecule has 11 heteroatoms. The van der Waals surface area contributed by atoms with Crippen LogP contribution < -0.4 is 16.4 Å². The van der Waals surface area contributed by atoms with E-state index in [0.717, 1.165) is 10.5 Å². The Bertz CT molecular complexity index is 1180. The molecule has 206 valence electrons. The SMILES string of the molecule is Cc1cc(C(C(=O)Nc2ccccc2C)N(CCO)C(=O)C(CC(N)=O)NC(=O)OC(C)(C)C)ccc1O. The van der Waals surface area contributed by atoms with Crippen LogP contribution in [-0.4, -0.2) is 63.7 Å². The van der Waals surface area contributed by atoms with E-state index in [1.165, 1.54) is 12.1 Å². The first-order valence-corrected chi connectivity index (χ1v) is 12.1. The van der Waals surface area contributed by atoms with Crippen molar-refractivity contribution in [3.05, 3.63) is 59.2 Å². The highest BCUT2D eigenvalue weighted by Gasteiger charge is 2.37. The van der Waals surface area contributed by atoms with Gasteiger partial charge in [-0.1, -0.05) is 24.3 Å². The van der Waals surface area contributed by atoms with Crippen LogP contribution in [-0.2, 0) is 19.1 Å². The monoisotopic (exact) mass is 528 g/mol. The van der Waals surface area contributed by atoms with Crippen molar-refractivity contribution in [1.82, 2.24) is 10.2 Å². The molecule has 2 atom stereocenters. The molecule has 0 spiro atoms. The van der Waals surface area contributed by atoms with Gasteiger partial charge in [-0.25, -0.2) is 4.79 Å². The van der Waals surface area contributed by atoms with Gasteiger partial charge in [0.1, 0.15) is 23.4 Å². The molecule has 6 N–H and O–H groups in total. The first-order valence-electron chi connectivity index (χ1n) is 12.1. The van der Waals surface area contributed by atoms with Crippen LogP contribution in [0.2, 0.25) is 0 Å². The van der Waals surface area contributed by atoms with Crippen molar-refractivity contribution in [3.8, 4) is 5.75 Å². The topological polar surface area (TPSA) is 171 Å². The zero-order valence-corrected chi connectivity index (χ0v) is 22.3. The summed E-state index contributed by atoms with van der Waals surface area (Å²) in [6, 6.07) is 8.69. The molecule has 0 saturated heterocycles. The summed E-state index contributed by atoms with van der Waals surface area (Å²) in [4.78, 5) is 52.8. The van der Waals surface area contributed by atoms with Gasteiger partial charge in [0.15, 0.2) is 0 Å². The lowest BCUT2D eigenvalue weighted by Gasteiger charge is -2.34. The number of aliphatic hydroxyl groups is 1. The van der Waals surface area contributed by atoms with Crippen molar-refractivity contribution in [2.75, 3.05) is 18.5 Å². The Kier molecular flexibility index (Phi) is 10.2. The first kappa shape index (κ1) is 30.1. The Morgan fingerprint density at radius 1 is 1.05 bits per heavy atom. The van der Waals surface area contributed by atoms with Crippen molar-refractivity contribution in [1.29, 1.82) is 0 Å². The summed E-state index contributed by atoms with van der Waals surface area (Å²) in [7, 11) is 0. The van der Waals surface area contributed by atoms with E-state index in [-0.39, 0.29) is 12.3 Å². The van der Waals surface area contributed by atoms with Crippen LogP contribution in [0.15, 0.2) is 42.5 Å². The third-order valence-corrected chi connectivity index (χ3v) is 5.52. The van der Waals surface area contributed by atoms with Crippen molar-refractivity contribution >= 4 is 29.5 Å². The van der Waals surface area contributed by atoms with Gasteiger partial charge in [0.25, 0.3) is 5.91 Å². The second-order valence-corrected chi connectivity index (χ2v) is 9.88. The lowest BCUT2D eigenvalue weighted by atomic mass is 9.99. The van der Waals surface area contributed by atoms with Crippen molar-refractivity contribution in [3.63, 3.8) is 0 Å². The predicted molar refractivity (Wildman–Crippen MR) is 141 cm³/mol. The van der Waals surface area contributed by atoms with Crippen LogP contribution in [0, 0.1) is 13.8 Å². The van der Waals surface area contributed by atoms with E-state index in [4.69, 9.17) is 10.5 Å². The molecule has 0 heterocycles. The number of aromatic hydroxyl groups is 1. The van der Waals surface area contributed by atoms with Gasteiger partial charge in [-0.2, -0.15) is 0 Å². The minimum absolute atomic E-state index is 0.00922. The Morgan fingerprint density at radius 2 is 1.71 bits per heavy atom. The highest BCUT2D eigenvalue weighted by molar-refractivity contribution is 6.00. The summed E-state index contributed by atoms with van der Waals surface area (Å²) >= 11 is 0. The number of anilines is 1. The van der Waals surface area contributed by atoms with E-state index in [1.807, 2.05) is 6.07 Å². The summed E-state index contributed by atoms with van der Waals surface area (Å²) in [5, 5.41) is 25.0. The fraction of sp³-hybridized carbons (Fsp3) is 0.407. The molecule has 0 aromatic heterocycles. The number of aliphatic hydroxyl groups excluding tert-OH is 1. The van der Waals surface area contributed by atoms with E-state index >= 15 is 0 Å². The Labute approximate surface area is 222 Å². The maximum atomic E-state index is 13.8. The molecule has 0 saturated carbocycles. The Hall–Kier alpha value is -4.12. The third kappa shape index (κ3) is 8.48. The van der Waals surface area contributed by atoms with Gasteiger partial charge in [0.05, 0.1) is 13.0 Å². The molecular weight excluding hydrogens is 492 g/mol. The predicted octanol–water partition coefficient (Wildman–Crippen LogP) is 2.28. The summed E-state index contributed by atoms with van der Waals surface area (Å²) in [5.74, 6) is -2.32. The van der Waals surface area contributed by atoms with Gasteiger partial charge in [-0.05, 0) is 69.5 Å². The number of amides is 4. The highest BCUT2D eigenvalue weighted by atomic mass is 16.6. The first-order chi connectivity index (χ1) is 17.7. The summed E-state index contributed by atoms with van der Waals surface area (Å²) in [6.45, 7) is 7.51. The van der Waals surface area contributed by atoms with Gasteiger partial charge in [-0.15, -0.1) is 0 Å². The van der Waals surface area contributed by atoms with E-state index < -0.39 is 54.5 Å². The molecule has 11 nitrogen and oxygen atoms in total. The van der Waals surface area contributed by atoms with Gasteiger partial charge in [0, 0.05) is 12.2 Å². The number of nitrogens with two attached hydrogens (primary N) is 1. The fourth-order valence-electron chi connectivity index (χ4n) is 3.76. The molecular formula is C27H36N4O7. The number of carbonyl (C=O) groups excluding carboxylic acids is 4. The number of hydrogen-bond donors (Lipinski definition) is 5. The number of phenolic OH excluding ortho intramolecular Hbond substituents is 1. The average molecular weight is 529 g/mol. The van der Waals surface area contributed by atoms with Gasteiger partial charge < -0.3 is 36.2 Å². The third-order valence-electron chi connectivity index (χ3n) is 5.52. The van der Waals surface area contributed by atoms with E-state index in [2.05, 4.69) is 10.6 Å². The Morgan fingerprint density at radius 3 is 2.26 bits per heavy atom. The molecule has 38 heavy (non-hydrogen) atoms. The van der Waals surface area contributed by atoms with Crippen LogP contribution in [0.4, 0.5) is 10.5 Å². The molecule has 0 fully saturated rings. The molecule has 0 aliphatic heterocycles. The molecule has 4 amide bonds. The highest BCUT2D eigenvalue weighted by Crippen LogP contribution is 2.28. The fourth-order valence-corrected chi connectivity index (χ4v) is 3.76. The number of para-hydroxylation sites is 1.